The van der Waals surface area contributed by atoms with E-state index in [2.05, 4.69) is 41.6 Å². The number of hydrogen-bond donors (Lipinski definition) is 1. The van der Waals surface area contributed by atoms with Crippen LogP contribution in [-0.4, -0.2) is 4.98 Å². The molecule has 1 aromatic heterocycles. The lowest BCUT2D eigenvalue weighted by Gasteiger charge is -2.14. The molecule has 2 N–H and O–H groups in total. The number of benzene rings is 1. The van der Waals surface area contributed by atoms with Crippen molar-refractivity contribution in [3.63, 3.8) is 0 Å². The van der Waals surface area contributed by atoms with Gasteiger partial charge >= 0.3 is 0 Å². The van der Waals surface area contributed by atoms with Crippen molar-refractivity contribution < 1.29 is 0 Å². The first kappa shape index (κ1) is 10.9. The van der Waals surface area contributed by atoms with Gasteiger partial charge in [-0.05, 0) is 36.8 Å². The summed E-state index contributed by atoms with van der Waals surface area (Å²) in [5.74, 6) is 0.508. The Morgan fingerprint density at radius 3 is 2.94 bits per heavy atom. The van der Waals surface area contributed by atoms with E-state index in [1.165, 1.54) is 16.8 Å². The molecule has 1 aromatic carbocycles. The zero-order valence-corrected chi connectivity index (χ0v) is 10.7. The van der Waals surface area contributed by atoms with Crippen LogP contribution in [0.5, 0.6) is 0 Å². The monoisotopic (exact) mass is 244 g/mol. The van der Waals surface area contributed by atoms with Crippen molar-refractivity contribution in [3.05, 3.63) is 51.5 Å². The summed E-state index contributed by atoms with van der Waals surface area (Å²) < 4.78 is 0. The lowest BCUT2D eigenvalue weighted by Crippen LogP contribution is -2.19. The van der Waals surface area contributed by atoms with Crippen molar-refractivity contribution >= 4 is 11.3 Å². The number of nitrogens with two attached hydrogens (primary N) is 1. The van der Waals surface area contributed by atoms with Gasteiger partial charge in [-0.25, -0.2) is 4.98 Å². The number of thiazole rings is 1. The maximum Gasteiger partial charge on any atom is 0.0897 e. The molecule has 0 amide bonds. The minimum Gasteiger partial charge on any atom is -0.324 e. The number of aryl methyl sites for hydroxylation is 1. The Balaban J connectivity index is 1.80. The summed E-state index contributed by atoms with van der Waals surface area (Å²) in [5, 5.41) is 3.30. The molecule has 1 heterocycles. The van der Waals surface area contributed by atoms with Gasteiger partial charge in [-0.3, -0.25) is 0 Å². The van der Waals surface area contributed by atoms with Crippen LogP contribution in [-0.2, 0) is 12.8 Å². The molecule has 0 fully saturated rings. The van der Waals surface area contributed by atoms with E-state index in [0.717, 1.165) is 17.8 Å². The summed E-state index contributed by atoms with van der Waals surface area (Å²) in [7, 11) is 0. The number of nitrogens with zero attached hydrogens (tertiary/aromatic N) is 1. The predicted molar refractivity (Wildman–Crippen MR) is 71.1 cm³/mol. The lowest BCUT2D eigenvalue weighted by atomic mass is 9.96. The molecule has 0 saturated carbocycles. The first-order valence-corrected chi connectivity index (χ1v) is 6.86. The molecular formula is C14H16N2S. The Morgan fingerprint density at radius 1 is 1.41 bits per heavy atom. The smallest absolute Gasteiger partial charge is 0.0897 e. The first-order valence-electron chi connectivity index (χ1n) is 5.98. The van der Waals surface area contributed by atoms with E-state index in [4.69, 9.17) is 5.73 Å². The van der Waals surface area contributed by atoms with Crippen LogP contribution in [0.3, 0.4) is 0 Å². The minimum atomic E-state index is 0.174. The van der Waals surface area contributed by atoms with E-state index in [1.54, 1.807) is 11.3 Å². The Morgan fingerprint density at radius 2 is 2.24 bits per heavy atom. The standard InChI is InChI=1S/C14H16N2S/c1-9-16-12(8-17-9)7-11-6-10-4-2-3-5-13(10)14(11)15/h2-5,8,11,14H,6-7,15H2,1H3. The number of hydrogen-bond acceptors (Lipinski definition) is 3. The number of fused-ring (bicyclic) bond motifs is 1. The molecular weight excluding hydrogens is 228 g/mol. The largest absolute Gasteiger partial charge is 0.324 e. The van der Waals surface area contributed by atoms with Crippen molar-refractivity contribution in [2.45, 2.75) is 25.8 Å². The highest BCUT2D eigenvalue weighted by atomic mass is 32.1. The van der Waals surface area contributed by atoms with E-state index in [1.807, 2.05) is 0 Å². The fourth-order valence-corrected chi connectivity index (χ4v) is 3.30. The van der Waals surface area contributed by atoms with Crippen molar-refractivity contribution in [2.75, 3.05) is 0 Å². The van der Waals surface area contributed by atoms with Crippen LogP contribution in [0.1, 0.15) is 27.9 Å². The van der Waals surface area contributed by atoms with Gasteiger partial charge in [0.2, 0.25) is 0 Å². The fraction of sp³-hybridized carbons (Fsp3) is 0.357. The lowest BCUT2D eigenvalue weighted by molar-refractivity contribution is 0.461. The summed E-state index contributed by atoms with van der Waals surface area (Å²) in [6.07, 6.45) is 2.09. The molecule has 0 radical (unpaired) electrons. The summed E-state index contributed by atoms with van der Waals surface area (Å²) in [5.41, 5.74) is 10.3. The van der Waals surface area contributed by atoms with E-state index in [0.29, 0.717) is 5.92 Å². The van der Waals surface area contributed by atoms with Crippen molar-refractivity contribution in [1.29, 1.82) is 0 Å². The quantitative estimate of drug-likeness (QED) is 0.882. The molecule has 3 heteroatoms. The van der Waals surface area contributed by atoms with E-state index >= 15 is 0 Å². The van der Waals surface area contributed by atoms with Gasteiger partial charge in [0, 0.05) is 11.4 Å². The summed E-state index contributed by atoms with van der Waals surface area (Å²) in [6, 6.07) is 8.70. The van der Waals surface area contributed by atoms with Crippen LogP contribution in [0.25, 0.3) is 0 Å². The second kappa shape index (κ2) is 4.24. The molecule has 2 atom stereocenters. The Hall–Kier alpha value is -1.19. The number of rotatable bonds is 2. The first-order chi connectivity index (χ1) is 8.24. The maximum absolute atomic E-state index is 6.32. The molecule has 0 saturated heterocycles. The third-order valence-electron chi connectivity index (χ3n) is 3.54. The van der Waals surface area contributed by atoms with E-state index < -0.39 is 0 Å². The second-order valence-electron chi connectivity index (χ2n) is 4.75. The molecule has 2 nitrogen and oxygen atoms in total. The minimum absolute atomic E-state index is 0.174. The van der Waals surface area contributed by atoms with Crippen LogP contribution >= 0.6 is 11.3 Å². The van der Waals surface area contributed by atoms with Gasteiger partial charge in [0.1, 0.15) is 0 Å². The normalized spacial score (nSPS) is 22.7. The molecule has 88 valence electrons. The zero-order chi connectivity index (χ0) is 11.8. The molecule has 0 spiro atoms. The van der Waals surface area contributed by atoms with Crippen LogP contribution < -0.4 is 5.73 Å². The number of aromatic nitrogens is 1. The predicted octanol–water partition coefficient (Wildman–Crippen LogP) is 2.87. The molecule has 1 aliphatic carbocycles. The van der Waals surface area contributed by atoms with Gasteiger partial charge in [-0.2, -0.15) is 0 Å². The SMILES string of the molecule is Cc1nc(CC2Cc3ccccc3C2N)cs1. The van der Waals surface area contributed by atoms with Gasteiger partial charge in [-0.15, -0.1) is 11.3 Å². The topological polar surface area (TPSA) is 38.9 Å². The highest BCUT2D eigenvalue weighted by Gasteiger charge is 2.29. The summed E-state index contributed by atoms with van der Waals surface area (Å²) in [4.78, 5) is 4.53. The summed E-state index contributed by atoms with van der Waals surface area (Å²) in [6.45, 7) is 2.05. The summed E-state index contributed by atoms with van der Waals surface area (Å²) >= 11 is 1.72. The van der Waals surface area contributed by atoms with Gasteiger partial charge in [0.25, 0.3) is 0 Å². The van der Waals surface area contributed by atoms with Crippen molar-refractivity contribution in [1.82, 2.24) is 4.98 Å². The molecule has 2 aromatic rings. The van der Waals surface area contributed by atoms with Crippen LogP contribution in [0, 0.1) is 12.8 Å². The second-order valence-corrected chi connectivity index (χ2v) is 5.81. The van der Waals surface area contributed by atoms with Gasteiger partial charge in [-0.1, -0.05) is 24.3 Å². The van der Waals surface area contributed by atoms with Crippen molar-refractivity contribution in [3.8, 4) is 0 Å². The highest BCUT2D eigenvalue weighted by Crippen LogP contribution is 2.36. The van der Waals surface area contributed by atoms with Gasteiger partial charge in [0.05, 0.1) is 10.7 Å². The molecule has 2 unspecified atom stereocenters. The van der Waals surface area contributed by atoms with Crippen LogP contribution in [0.4, 0.5) is 0 Å². The third-order valence-corrected chi connectivity index (χ3v) is 4.36. The van der Waals surface area contributed by atoms with Crippen LogP contribution in [0.15, 0.2) is 29.6 Å². The Kier molecular flexibility index (Phi) is 2.73. The van der Waals surface area contributed by atoms with E-state index in [9.17, 15) is 0 Å². The Bertz CT molecular complexity index is 533. The molecule has 17 heavy (non-hydrogen) atoms. The fourth-order valence-electron chi connectivity index (χ4n) is 2.68. The van der Waals surface area contributed by atoms with Crippen molar-refractivity contribution in [2.24, 2.45) is 11.7 Å². The molecule has 1 aliphatic rings. The van der Waals surface area contributed by atoms with E-state index in [-0.39, 0.29) is 6.04 Å². The molecule has 0 aliphatic heterocycles. The highest BCUT2D eigenvalue weighted by molar-refractivity contribution is 7.09. The maximum atomic E-state index is 6.32. The zero-order valence-electron chi connectivity index (χ0n) is 9.89. The molecule has 3 rings (SSSR count). The third kappa shape index (κ3) is 2.01. The average molecular weight is 244 g/mol. The average Bonchev–Trinajstić information content (AvgIpc) is 2.86. The Labute approximate surface area is 106 Å². The van der Waals surface area contributed by atoms with Crippen LogP contribution in [0.2, 0.25) is 0 Å². The molecule has 0 bridgehead atoms. The van der Waals surface area contributed by atoms with Gasteiger partial charge in [0.15, 0.2) is 0 Å². The van der Waals surface area contributed by atoms with Gasteiger partial charge < -0.3 is 5.73 Å².